The lowest BCUT2D eigenvalue weighted by Gasteiger charge is -2.39. The topological polar surface area (TPSA) is 161 Å². The van der Waals surface area contributed by atoms with Crippen molar-refractivity contribution in [1.82, 2.24) is 0 Å². The molecule has 2 rings (SSSR count). The maximum atomic E-state index is 11.5. The van der Waals surface area contributed by atoms with E-state index in [1.54, 1.807) is 0 Å². The molecular weight excluding hydrogens is 382 g/mol. The van der Waals surface area contributed by atoms with Crippen LogP contribution in [0.1, 0.15) is 13.8 Å². The van der Waals surface area contributed by atoms with E-state index in [0.717, 1.165) is 13.8 Å². The van der Waals surface area contributed by atoms with Crippen molar-refractivity contribution in [2.24, 2.45) is 0 Å². The molecule has 4 atom stereocenters. The number of rotatable bonds is 6. The van der Waals surface area contributed by atoms with E-state index in [1.165, 1.54) is 24.3 Å². The van der Waals surface area contributed by atoms with Gasteiger partial charge in [-0.15, -0.1) is 0 Å². The molecule has 1 aromatic carbocycles. The second-order valence-corrected chi connectivity index (χ2v) is 5.64. The normalized spacial score (nSPS) is 23.9. The number of nitro benzene ring substituents is 1. The summed E-state index contributed by atoms with van der Waals surface area (Å²) in [5.74, 6) is -1.37. The predicted octanol–water partition coefficient (Wildman–Crippen LogP) is 1.26. The van der Waals surface area contributed by atoms with E-state index in [0.29, 0.717) is 0 Å². The number of nitrogens with zero attached hydrogens (tertiary/aromatic N) is 1. The first-order chi connectivity index (χ1) is 13.2. The van der Waals surface area contributed by atoms with E-state index in [9.17, 15) is 24.5 Å². The Bertz CT molecular complexity index is 747. The molecule has 152 valence electrons. The predicted molar refractivity (Wildman–Crippen MR) is 87.5 cm³/mol. The molecule has 1 aliphatic rings. The van der Waals surface area contributed by atoms with Gasteiger partial charge in [0.1, 0.15) is 5.75 Å². The first-order valence-corrected chi connectivity index (χ1v) is 7.94. The molecule has 12 heteroatoms. The molecule has 0 radical (unpaired) electrons. The number of benzene rings is 1. The molecule has 12 nitrogen and oxygen atoms in total. The summed E-state index contributed by atoms with van der Waals surface area (Å²) >= 11 is 0. The van der Waals surface area contributed by atoms with Crippen LogP contribution in [0.25, 0.3) is 0 Å². The Hall–Kier alpha value is -3.41. The highest BCUT2D eigenvalue weighted by atomic mass is 16.7. The molecule has 28 heavy (non-hydrogen) atoms. The Balaban J connectivity index is 2.25. The summed E-state index contributed by atoms with van der Waals surface area (Å²) in [5.41, 5.74) is -0.171. The van der Waals surface area contributed by atoms with E-state index < -0.39 is 47.6 Å². The maximum Gasteiger partial charge on any atom is 0.506 e. The number of non-ortho nitro benzene ring substituents is 1. The fraction of sp³-hybridized carbons (Fsp3) is 0.438. The molecule has 1 aromatic rings. The van der Waals surface area contributed by atoms with Crippen molar-refractivity contribution in [1.29, 1.82) is 0 Å². The van der Waals surface area contributed by atoms with Crippen LogP contribution in [-0.2, 0) is 28.5 Å². The molecule has 0 aliphatic carbocycles. The average Bonchev–Trinajstić information content (AvgIpc) is 2.59. The third-order valence-corrected chi connectivity index (χ3v) is 3.54. The SMILES string of the molecule is CC(=O)O[C@@H]1[C@@H](Oc2ccc([N+](=O)[O-])cc2)OC[C@@H](OC(C)=O)[C@@H]1OC(=O)O. The number of nitro groups is 1. The summed E-state index contributed by atoms with van der Waals surface area (Å²) in [6.45, 7) is 1.89. The van der Waals surface area contributed by atoms with Gasteiger partial charge in [0.2, 0.25) is 12.4 Å². The van der Waals surface area contributed by atoms with E-state index in [1.807, 2.05) is 0 Å². The highest BCUT2D eigenvalue weighted by Gasteiger charge is 2.48. The highest BCUT2D eigenvalue weighted by molar-refractivity contribution is 5.67. The number of hydrogen-bond acceptors (Lipinski definition) is 10. The second kappa shape index (κ2) is 8.99. The summed E-state index contributed by atoms with van der Waals surface area (Å²) in [6.07, 6.45) is -6.99. The molecule has 1 saturated heterocycles. The van der Waals surface area contributed by atoms with Crippen LogP contribution in [0.15, 0.2) is 24.3 Å². The maximum absolute atomic E-state index is 11.5. The summed E-state index contributed by atoms with van der Waals surface area (Å²) in [6, 6.07) is 4.95. The van der Waals surface area contributed by atoms with Gasteiger partial charge in [0, 0.05) is 26.0 Å². The molecule has 0 spiro atoms. The molecular formula is C16H17NO11. The van der Waals surface area contributed by atoms with Gasteiger partial charge in [0.05, 0.1) is 11.5 Å². The van der Waals surface area contributed by atoms with Gasteiger partial charge in [-0.05, 0) is 12.1 Å². The van der Waals surface area contributed by atoms with Gasteiger partial charge in [-0.2, -0.15) is 0 Å². The molecule has 0 bridgehead atoms. The van der Waals surface area contributed by atoms with Crippen molar-refractivity contribution in [2.45, 2.75) is 38.4 Å². The Labute approximate surface area is 158 Å². The number of ether oxygens (including phenoxy) is 5. The average molecular weight is 399 g/mol. The Morgan fingerprint density at radius 2 is 1.68 bits per heavy atom. The first kappa shape index (κ1) is 20.9. The smallest absolute Gasteiger partial charge is 0.461 e. The quantitative estimate of drug-likeness (QED) is 0.317. The zero-order valence-corrected chi connectivity index (χ0v) is 14.8. The summed E-state index contributed by atoms with van der Waals surface area (Å²) < 4.78 is 25.8. The van der Waals surface area contributed by atoms with Crippen molar-refractivity contribution in [3.05, 3.63) is 34.4 Å². The minimum absolute atomic E-state index is 0.132. The van der Waals surface area contributed by atoms with Gasteiger partial charge >= 0.3 is 18.1 Å². The molecule has 0 unspecified atom stereocenters. The second-order valence-electron chi connectivity index (χ2n) is 5.64. The standard InChI is InChI=1S/C16H17NO11/c1-8(18)25-12-7-24-15(14(26-9(2)19)13(12)28-16(20)21)27-11-5-3-10(4-6-11)17(22)23/h3-6,12-15H,7H2,1-2H3,(H,20,21)/t12-,13+,14+,15-/m1/s1. The number of carbonyl (C=O) groups is 3. The zero-order valence-electron chi connectivity index (χ0n) is 14.8. The lowest BCUT2D eigenvalue weighted by Crippen LogP contribution is -2.59. The third-order valence-electron chi connectivity index (χ3n) is 3.54. The number of carbonyl (C=O) groups excluding carboxylic acids is 2. The number of hydrogen-bond donors (Lipinski definition) is 1. The van der Waals surface area contributed by atoms with E-state index in [2.05, 4.69) is 0 Å². The van der Waals surface area contributed by atoms with Crippen LogP contribution >= 0.6 is 0 Å². The monoisotopic (exact) mass is 399 g/mol. The highest BCUT2D eigenvalue weighted by Crippen LogP contribution is 2.27. The zero-order chi connectivity index (χ0) is 20.8. The minimum atomic E-state index is -1.68. The Kier molecular flexibility index (Phi) is 6.71. The van der Waals surface area contributed by atoms with E-state index in [-0.39, 0.29) is 18.0 Å². The first-order valence-electron chi connectivity index (χ1n) is 7.94. The summed E-state index contributed by atoms with van der Waals surface area (Å²) in [4.78, 5) is 43.9. The van der Waals surface area contributed by atoms with Crippen LogP contribution in [0.4, 0.5) is 10.5 Å². The summed E-state index contributed by atoms with van der Waals surface area (Å²) in [5, 5.41) is 19.7. The van der Waals surface area contributed by atoms with Gasteiger partial charge in [0.25, 0.3) is 5.69 Å². The van der Waals surface area contributed by atoms with E-state index >= 15 is 0 Å². The van der Waals surface area contributed by atoms with Gasteiger partial charge in [0.15, 0.2) is 12.2 Å². The van der Waals surface area contributed by atoms with Crippen molar-refractivity contribution in [2.75, 3.05) is 6.61 Å². The third kappa shape index (κ3) is 5.54. The number of esters is 2. The van der Waals surface area contributed by atoms with Crippen LogP contribution in [0.3, 0.4) is 0 Å². The van der Waals surface area contributed by atoms with Crippen molar-refractivity contribution in [3.8, 4) is 5.75 Å². The number of carboxylic acid groups (broad SMARTS) is 1. The minimum Gasteiger partial charge on any atom is -0.461 e. The van der Waals surface area contributed by atoms with Gasteiger partial charge in [-0.25, -0.2) is 4.79 Å². The molecule has 1 N–H and O–H groups in total. The van der Waals surface area contributed by atoms with Crippen molar-refractivity contribution < 1.29 is 48.1 Å². The fourth-order valence-corrected chi connectivity index (χ4v) is 2.52. The molecule has 1 aliphatic heterocycles. The summed E-state index contributed by atoms with van der Waals surface area (Å²) in [7, 11) is 0. The van der Waals surface area contributed by atoms with Crippen LogP contribution in [0, 0.1) is 10.1 Å². The van der Waals surface area contributed by atoms with Gasteiger partial charge in [-0.3, -0.25) is 19.7 Å². The largest absolute Gasteiger partial charge is 0.506 e. The van der Waals surface area contributed by atoms with Crippen LogP contribution in [0.2, 0.25) is 0 Å². The van der Waals surface area contributed by atoms with E-state index in [4.69, 9.17) is 28.8 Å². The lowest BCUT2D eigenvalue weighted by atomic mass is 10.0. The van der Waals surface area contributed by atoms with Gasteiger partial charge < -0.3 is 28.8 Å². The fourth-order valence-electron chi connectivity index (χ4n) is 2.52. The Morgan fingerprint density at radius 1 is 1.07 bits per heavy atom. The molecule has 1 fully saturated rings. The molecule has 1 heterocycles. The molecule has 0 saturated carbocycles. The van der Waals surface area contributed by atoms with Crippen LogP contribution in [0.5, 0.6) is 5.75 Å². The van der Waals surface area contributed by atoms with Crippen LogP contribution < -0.4 is 4.74 Å². The van der Waals surface area contributed by atoms with Crippen molar-refractivity contribution >= 4 is 23.8 Å². The Morgan fingerprint density at radius 3 is 2.18 bits per heavy atom. The van der Waals surface area contributed by atoms with Gasteiger partial charge in [-0.1, -0.05) is 0 Å². The molecule has 0 amide bonds. The molecule has 0 aromatic heterocycles. The van der Waals surface area contributed by atoms with Crippen LogP contribution in [-0.4, -0.2) is 59.3 Å². The lowest BCUT2D eigenvalue weighted by molar-refractivity contribution is -0.384. The van der Waals surface area contributed by atoms with Crippen molar-refractivity contribution in [3.63, 3.8) is 0 Å².